The summed E-state index contributed by atoms with van der Waals surface area (Å²) in [6.45, 7) is 2.60. The molecule has 4 aromatic rings. The summed E-state index contributed by atoms with van der Waals surface area (Å²) in [4.78, 5) is 28.4. The lowest BCUT2D eigenvalue weighted by molar-refractivity contribution is -0.132. The van der Waals surface area contributed by atoms with E-state index in [0.717, 1.165) is 18.4 Å². The lowest BCUT2D eigenvalue weighted by atomic mass is 9.95. The van der Waals surface area contributed by atoms with E-state index in [0.29, 0.717) is 44.3 Å². The van der Waals surface area contributed by atoms with Gasteiger partial charge in [-0.15, -0.1) is 10.2 Å². The molecule has 1 atom stereocenters. The number of halogens is 1. The molecule has 1 N–H and O–H groups in total. The zero-order valence-corrected chi connectivity index (χ0v) is 25.3. The van der Waals surface area contributed by atoms with E-state index >= 15 is 0 Å². The van der Waals surface area contributed by atoms with E-state index < -0.39 is 17.7 Å². The third-order valence-electron chi connectivity index (χ3n) is 6.66. The number of amides is 1. The van der Waals surface area contributed by atoms with Crippen LogP contribution >= 0.6 is 34.7 Å². The zero-order valence-electron chi connectivity index (χ0n) is 23.0. The summed E-state index contributed by atoms with van der Waals surface area (Å²) in [6.07, 6.45) is 1.87. The van der Waals surface area contributed by atoms with Gasteiger partial charge in [0.05, 0.1) is 25.3 Å². The van der Waals surface area contributed by atoms with Crippen LogP contribution < -0.4 is 14.4 Å². The largest absolute Gasteiger partial charge is 0.507 e. The smallest absolute Gasteiger partial charge is 0.301 e. The van der Waals surface area contributed by atoms with Crippen molar-refractivity contribution in [1.29, 1.82) is 0 Å². The second kappa shape index (κ2) is 13.4. The molecule has 1 aliphatic heterocycles. The fraction of sp³-hybridized carbons (Fsp3) is 0.226. The van der Waals surface area contributed by atoms with Crippen LogP contribution in [0.1, 0.15) is 42.5 Å². The highest BCUT2D eigenvalue weighted by Gasteiger charge is 2.48. The first-order valence-electron chi connectivity index (χ1n) is 13.3. The van der Waals surface area contributed by atoms with Gasteiger partial charge in [0.15, 0.2) is 15.8 Å². The van der Waals surface area contributed by atoms with Crippen molar-refractivity contribution < 1.29 is 24.2 Å². The van der Waals surface area contributed by atoms with E-state index in [9.17, 15) is 14.7 Å². The van der Waals surface area contributed by atoms with E-state index in [4.69, 9.17) is 21.1 Å². The molecule has 1 aliphatic rings. The Kier molecular flexibility index (Phi) is 9.46. The molecule has 1 saturated heterocycles. The van der Waals surface area contributed by atoms with Crippen LogP contribution in [-0.2, 0) is 15.3 Å². The number of benzene rings is 3. The average molecular weight is 622 g/mol. The fourth-order valence-corrected chi connectivity index (χ4v) is 6.66. The molecule has 0 radical (unpaired) electrons. The van der Waals surface area contributed by atoms with Gasteiger partial charge in [-0.2, -0.15) is 0 Å². The van der Waals surface area contributed by atoms with Crippen molar-refractivity contribution in [3.8, 4) is 11.5 Å². The van der Waals surface area contributed by atoms with Gasteiger partial charge in [-0.3, -0.25) is 14.5 Å². The number of thioether (sulfide) groups is 1. The number of unbranched alkanes of at least 4 members (excludes halogenated alkanes) is 1. The van der Waals surface area contributed by atoms with E-state index in [1.54, 1.807) is 48.5 Å². The van der Waals surface area contributed by atoms with Gasteiger partial charge in [-0.05, 0) is 35.7 Å². The number of rotatable bonds is 11. The standard InChI is InChI=1S/C31H28ClN3O5S2/c1-3-4-16-40-23-15-14-20(17-24(23)39-2)26-25(27(36)19-10-6-5-7-11-19)28(37)29(38)35(26)30-33-34-31(42-30)41-18-21-12-8-9-13-22(21)32/h5-15,17,26,36H,3-4,16,18H2,1-2H3/b27-25-. The second-order valence-corrected chi connectivity index (χ2v) is 12.0. The normalized spacial score (nSPS) is 16.2. The Morgan fingerprint density at radius 2 is 1.81 bits per heavy atom. The molecule has 8 nitrogen and oxygen atoms in total. The first-order valence-corrected chi connectivity index (χ1v) is 15.5. The lowest BCUT2D eigenvalue weighted by Crippen LogP contribution is -2.29. The molecule has 216 valence electrons. The highest BCUT2D eigenvalue weighted by Crippen LogP contribution is 2.45. The van der Waals surface area contributed by atoms with Crippen LogP contribution in [0.25, 0.3) is 5.76 Å². The molecule has 1 amide bonds. The number of nitrogens with zero attached hydrogens (tertiary/aromatic N) is 3. The summed E-state index contributed by atoms with van der Waals surface area (Å²) in [5.41, 5.74) is 1.86. The maximum absolute atomic E-state index is 13.6. The fourth-order valence-electron chi connectivity index (χ4n) is 4.51. The van der Waals surface area contributed by atoms with Crippen molar-refractivity contribution >= 4 is 57.3 Å². The molecule has 1 unspecified atom stereocenters. The molecular weight excluding hydrogens is 594 g/mol. The molecule has 11 heteroatoms. The highest BCUT2D eigenvalue weighted by atomic mass is 35.5. The Balaban J connectivity index is 1.55. The second-order valence-electron chi connectivity index (χ2n) is 9.38. The number of ether oxygens (including phenoxy) is 2. The minimum atomic E-state index is -0.974. The number of hydrogen-bond donors (Lipinski definition) is 1. The van der Waals surface area contributed by atoms with Crippen LogP contribution in [0.5, 0.6) is 11.5 Å². The minimum absolute atomic E-state index is 0.0478. The van der Waals surface area contributed by atoms with Crippen LogP contribution in [0.4, 0.5) is 5.13 Å². The number of ketones is 1. The maximum Gasteiger partial charge on any atom is 0.301 e. The average Bonchev–Trinajstić information content (AvgIpc) is 3.58. The number of aromatic nitrogens is 2. The number of Topliss-reactive ketones (excluding diaryl/α,β-unsaturated/α-hetero) is 1. The number of carbonyl (C=O) groups is 2. The van der Waals surface area contributed by atoms with Crippen LogP contribution in [-0.4, -0.2) is 40.7 Å². The number of methoxy groups -OCH3 is 1. The van der Waals surface area contributed by atoms with Crippen LogP contribution in [0.3, 0.4) is 0 Å². The summed E-state index contributed by atoms with van der Waals surface area (Å²) in [5.74, 6) is -0.350. The quantitative estimate of drug-likeness (QED) is 0.0465. The predicted molar refractivity (Wildman–Crippen MR) is 166 cm³/mol. The van der Waals surface area contributed by atoms with Gasteiger partial charge in [0.25, 0.3) is 5.78 Å². The maximum atomic E-state index is 13.6. The van der Waals surface area contributed by atoms with E-state index in [1.165, 1.54) is 35.1 Å². The topological polar surface area (TPSA) is 102 Å². The third-order valence-corrected chi connectivity index (χ3v) is 9.13. The monoisotopic (exact) mass is 621 g/mol. The van der Waals surface area contributed by atoms with Crippen LogP contribution in [0.15, 0.2) is 82.7 Å². The van der Waals surface area contributed by atoms with Crippen molar-refractivity contribution in [2.75, 3.05) is 18.6 Å². The van der Waals surface area contributed by atoms with Gasteiger partial charge in [0.1, 0.15) is 5.76 Å². The molecule has 0 saturated carbocycles. The Hall–Kier alpha value is -3.86. The molecule has 0 aliphatic carbocycles. The summed E-state index contributed by atoms with van der Waals surface area (Å²) in [6, 6.07) is 20.5. The minimum Gasteiger partial charge on any atom is -0.507 e. The van der Waals surface area contributed by atoms with E-state index in [2.05, 4.69) is 17.1 Å². The van der Waals surface area contributed by atoms with Crippen LogP contribution in [0, 0.1) is 0 Å². The summed E-state index contributed by atoms with van der Waals surface area (Å²) in [7, 11) is 1.53. The van der Waals surface area contributed by atoms with Crippen molar-refractivity contribution in [2.45, 2.75) is 35.9 Å². The van der Waals surface area contributed by atoms with Crippen molar-refractivity contribution in [3.05, 3.63) is 100 Å². The van der Waals surface area contributed by atoms with Crippen molar-refractivity contribution in [2.24, 2.45) is 0 Å². The number of hydrogen-bond acceptors (Lipinski definition) is 9. The first-order chi connectivity index (χ1) is 20.4. The molecule has 0 bridgehead atoms. The van der Waals surface area contributed by atoms with Crippen molar-refractivity contribution in [1.82, 2.24) is 10.2 Å². The summed E-state index contributed by atoms with van der Waals surface area (Å²) < 4.78 is 12.1. The number of carbonyl (C=O) groups excluding carboxylic acids is 2. The number of anilines is 1. The molecule has 1 aromatic heterocycles. The van der Waals surface area contributed by atoms with Gasteiger partial charge < -0.3 is 14.6 Å². The Bertz CT molecular complexity index is 1630. The molecule has 1 fully saturated rings. The van der Waals surface area contributed by atoms with Crippen LogP contribution in [0.2, 0.25) is 5.02 Å². The highest BCUT2D eigenvalue weighted by molar-refractivity contribution is 8.00. The lowest BCUT2D eigenvalue weighted by Gasteiger charge is -2.23. The van der Waals surface area contributed by atoms with E-state index in [1.807, 2.05) is 24.3 Å². The summed E-state index contributed by atoms with van der Waals surface area (Å²) in [5, 5.41) is 20.8. The third kappa shape index (κ3) is 6.16. The molecule has 3 aromatic carbocycles. The van der Waals surface area contributed by atoms with E-state index in [-0.39, 0.29) is 16.5 Å². The molecule has 42 heavy (non-hydrogen) atoms. The molecular formula is C31H28ClN3O5S2. The SMILES string of the molecule is CCCCOc1ccc(C2/C(=C(/O)c3ccccc3)C(=O)C(=O)N2c2nnc(SCc3ccccc3Cl)s2)cc1OC. The summed E-state index contributed by atoms with van der Waals surface area (Å²) >= 11 is 8.92. The van der Waals surface area contributed by atoms with Gasteiger partial charge in [0.2, 0.25) is 5.13 Å². The number of aliphatic hydroxyl groups is 1. The van der Waals surface area contributed by atoms with Crippen molar-refractivity contribution in [3.63, 3.8) is 0 Å². The Morgan fingerprint density at radius 3 is 2.55 bits per heavy atom. The number of aliphatic hydroxyl groups excluding tert-OH is 1. The van der Waals surface area contributed by atoms with Gasteiger partial charge in [0, 0.05) is 16.3 Å². The van der Waals surface area contributed by atoms with Gasteiger partial charge >= 0.3 is 5.91 Å². The first kappa shape index (κ1) is 29.6. The van der Waals surface area contributed by atoms with Gasteiger partial charge in [-0.25, -0.2) is 0 Å². The van der Waals surface area contributed by atoms with Gasteiger partial charge in [-0.1, -0.05) is 103 Å². The predicted octanol–water partition coefficient (Wildman–Crippen LogP) is 7.30. The Labute approximate surface area is 257 Å². The molecule has 2 heterocycles. The zero-order chi connectivity index (χ0) is 29.6. The Morgan fingerprint density at radius 1 is 1.05 bits per heavy atom. The molecule has 5 rings (SSSR count). The molecule has 0 spiro atoms.